The zero-order valence-electron chi connectivity index (χ0n) is 10.6. The molecule has 0 aliphatic carbocycles. The molecule has 1 aliphatic heterocycles. The Balaban J connectivity index is 2.40. The van der Waals surface area contributed by atoms with Crippen LogP contribution in [0.3, 0.4) is 0 Å². The summed E-state index contributed by atoms with van der Waals surface area (Å²) in [5.41, 5.74) is 0. The van der Waals surface area contributed by atoms with E-state index >= 15 is 0 Å². The molecule has 1 unspecified atom stereocenters. The highest BCUT2D eigenvalue weighted by Crippen LogP contribution is 2.22. The summed E-state index contributed by atoms with van der Waals surface area (Å²) in [6.07, 6.45) is 6.79. The number of unbranched alkanes of at least 4 members (excludes halogenated alkanes) is 1. The van der Waals surface area contributed by atoms with Crippen molar-refractivity contribution in [3.05, 3.63) is 0 Å². The average molecular weight is 227 g/mol. The summed E-state index contributed by atoms with van der Waals surface area (Å²) < 4.78 is 0. The van der Waals surface area contributed by atoms with E-state index < -0.39 is 5.97 Å². The molecule has 0 amide bonds. The van der Waals surface area contributed by atoms with Gasteiger partial charge in [0, 0.05) is 6.54 Å². The van der Waals surface area contributed by atoms with Gasteiger partial charge in [0.25, 0.3) is 0 Å². The van der Waals surface area contributed by atoms with Crippen molar-refractivity contribution in [1.82, 2.24) is 4.90 Å². The van der Waals surface area contributed by atoms with Gasteiger partial charge in [-0.25, -0.2) is 0 Å². The van der Waals surface area contributed by atoms with E-state index in [9.17, 15) is 4.79 Å². The number of nitrogens with zero attached hydrogens (tertiary/aromatic N) is 1. The van der Waals surface area contributed by atoms with Gasteiger partial charge in [-0.05, 0) is 31.7 Å². The SMILES string of the molecule is CCCCC(CC)CN1CCC[C@H]1C(=O)O. The van der Waals surface area contributed by atoms with Crippen LogP contribution in [-0.2, 0) is 4.79 Å². The lowest BCUT2D eigenvalue weighted by atomic mass is 9.98. The molecule has 1 heterocycles. The second-order valence-electron chi connectivity index (χ2n) is 4.91. The number of likely N-dealkylation sites (tertiary alicyclic amines) is 1. The largest absolute Gasteiger partial charge is 0.480 e. The zero-order valence-corrected chi connectivity index (χ0v) is 10.6. The average Bonchev–Trinajstić information content (AvgIpc) is 2.72. The predicted molar refractivity (Wildman–Crippen MR) is 65.5 cm³/mol. The molecular weight excluding hydrogens is 202 g/mol. The number of carbonyl (C=O) groups is 1. The summed E-state index contributed by atoms with van der Waals surface area (Å²) in [4.78, 5) is 13.2. The molecule has 3 heteroatoms. The fourth-order valence-electron chi connectivity index (χ4n) is 2.57. The highest BCUT2D eigenvalue weighted by Gasteiger charge is 2.31. The van der Waals surface area contributed by atoms with Crippen LogP contribution in [0.25, 0.3) is 0 Å². The minimum Gasteiger partial charge on any atom is -0.480 e. The van der Waals surface area contributed by atoms with Crippen LogP contribution in [0.1, 0.15) is 52.4 Å². The Morgan fingerprint density at radius 3 is 2.81 bits per heavy atom. The Kier molecular flexibility index (Phi) is 5.81. The summed E-state index contributed by atoms with van der Waals surface area (Å²) in [5, 5.41) is 9.10. The molecule has 0 aromatic carbocycles. The monoisotopic (exact) mass is 227 g/mol. The maximum absolute atomic E-state index is 11.1. The topological polar surface area (TPSA) is 40.5 Å². The van der Waals surface area contributed by atoms with Crippen LogP contribution in [0.15, 0.2) is 0 Å². The van der Waals surface area contributed by atoms with Gasteiger partial charge < -0.3 is 5.11 Å². The molecule has 0 spiro atoms. The number of rotatable bonds is 7. The van der Waals surface area contributed by atoms with Crippen molar-refractivity contribution < 1.29 is 9.90 Å². The molecule has 3 nitrogen and oxygen atoms in total. The first-order valence-corrected chi connectivity index (χ1v) is 6.65. The Morgan fingerprint density at radius 1 is 1.50 bits per heavy atom. The van der Waals surface area contributed by atoms with Crippen molar-refractivity contribution >= 4 is 5.97 Å². The molecule has 1 rings (SSSR count). The van der Waals surface area contributed by atoms with Crippen molar-refractivity contribution in [1.29, 1.82) is 0 Å². The standard InChI is InChI=1S/C13H25NO2/c1-3-5-7-11(4-2)10-14-9-6-8-12(14)13(15)16/h11-12H,3-10H2,1-2H3,(H,15,16)/t11?,12-/m0/s1. The molecule has 0 aromatic rings. The lowest BCUT2D eigenvalue weighted by molar-refractivity contribution is -0.142. The van der Waals surface area contributed by atoms with Gasteiger partial charge in [-0.3, -0.25) is 9.69 Å². The van der Waals surface area contributed by atoms with Gasteiger partial charge in [0.1, 0.15) is 6.04 Å². The van der Waals surface area contributed by atoms with Crippen LogP contribution in [0, 0.1) is 5.92 Å². The Bertz CT molecular complexity index is 218. The molecule has 0 radical (unpaired) electrons. The van der Waals surface area contributed by atoms with Crippen molar-refractivity contribution in [3.8, 4) is 0 Å². The van der Waals surface area contributed by atoms with Crippen molar-refractivity contribution in [2.75, 3.05) is 13.1 Å². The minimum atomic E-state index is -0.636. The van der Waals surface area contributed by atoms with Gasteiger partial charge in [0.15, 0.2) is 0 Å². The maximum atomic E-state index is 11.1. The van der Waals surface area contributed by atoms with Crippen LogP contribution in [0.5, 0.6) is 0 Å². The van der Waals surface area contributed by atoms with E-state index in [1.807, 2.05) is 0 Å². The molecule has 94 valence electrons. The Hall–Kier alpha value is -0.570. The minimum absolute atomic E-state index is 0.212. The second-order valence-corrected chi connectivity index (χ2v) is 4.91. The third-order valence-corrected chi connectivity index (χ3v) is 3.68. The summed E-state index contributed by atoms with van der Waals surface area (Å²) in [5.74, 6) is 0.0442. The summed E-state index contributed by atoms with van der Waals surface area (Å²) in [6.45, 7) is 6.38. The van der Waals surface area contributed by atoms with Crippen LogP contribution in [0.2, 0.25) is 0 Å². The van der Waals surface area contributed by atoms with Gasteiger partial charge in [-0.2, -0.15) is 0 Å². The van der Waals surface area contributed by atoms with E-state index in [-0.39, 0.29) is 6.04 Å². The predicted octanol–water partition coefficient (Wildman–Crippen LogP) is 2.75. The molecule has 0 saturated carbocycles. The van der Waals surface area contributed by atoms with Gasteiger partial charge in [-0.1, -0.05) is 33.1 Å². The van der Waals surface area contributed by atoms with E-state index in [4.69, 9.17) is 5.11 Å². The summed E-state index contributed by atoms with van der Waals surface area (Å²) >= 11 is 0. The van der Waals surface area contributed by atoms with E-state index in [0.29, 0.717) is 5.92 Å². The molecule has 1 aliphatic rings. The number of hydrogen-bond donors (Lipinski definition) is 1. The molecule has 2 atom stereocenters. The molecule has 16 heavy (non-hydrogen) atoms. The second kappa shape index (κ2) is 6.89. The van der Waals surface area contributed by atoms with Crippen molar-refractivity contribution in [3.63, 3.8) is 0 Å². The maximum Gasteiger partial charge on any atom is 0.320 e. The molecule has 0 aromatic heterocycles. The Morgan fingerprint density at radius 2 is 2.25 bits per heavy atom. The van der Waals surface area contributed by atoms with Gasteiger partial charge in [-0.15, -0.1) is 0 Å². The molecular formula is C13H25NO2. The molecule has 1 N–H and O–H groups in total. The van der Waals surface area contributed by atoms with Crippen molar-refractivity contribution in [2.45, 2.75) is 58.4 Å². The lowest BCUT2D eigenvalue weighted by Gasteiger charge is -2.26. The fourth-order valence-corrected chi connectivity index (χ4v) is 2.57. The zero-order chi connectivity index (χ0) is 12.0. The first-order chi connectivity index (χ1) is 7.69. The number of carboxylic acid groups (broad SMARTS) is 1. The number of carboxylic acids is 1. The van der Waals surface area contributed by atoms with Crippen LogP contribution < -0.4 is 0 Å². The highest BCUT2D eigenvalue weighted by molar-refractivity contribution is 5.73. The van der Waals surface area contributed by atoms with E-state index in [2.05, 4.69) is 18.7 Å². The third-order valence-electron chi connectivity index (χ3n) is 3.68. The quantitative estimate of drug-likeness (QED) is 0.727. The van der Waals surface area contributed by atoms with Crippen LogP contribution in [0.4, 0.5) is 0 Å². The van der Waals surface area contributed by atoms with E-state index in [1.165, 1.54) is 25.7 Å². The molecule has 0 bridgehead atoms. The van der Waals surface area contributed by atoms with Crippen LogP contribution in [-0.4, -0.2) is 35.1 Å². The third kappa shape index (κ3) is 3.78. The summed E-state index contributed by atoms with van der Waals surface area (Å²) in [7, 11) is 0. The van der Waals surface area contributed by atoms with Gasteiger partial charge >= 0.3 is 5.97 Å². The van der Waals surface area contributed by atoms with E-state index in [1.54, 1.807) is 0 Å². The number of hydrogen-bond acceptors (Lipinski definition) is 2. The molecule has 1 fully saturated rings. The smallest absolute Gasteiger partial charge is 0.320 e. The Labute approximate surface area is 98.8 Å². The first-order valence-electron chi connectivity index (χ1n) is 6.65. The molecule has 1 saturated heterocycles. The highest BCUT2D eigenvalue weighted by atomic mass is 16.4. The summed E-state index contributed by atoms with van der Waals surface area (Å²) in [6, 6.07) is -0.212. The van der Waals surface area contributed by atoms with Gasteiger partial charge in [0.2, 0.25) is 0 Å². The van der Waals surface area contributed by atoms with Crippen LogP contribution >= 0.6 is 0 Å². The fraction of sp³-hybridized carbons (Fsp3) is 0.923. The number of aliphatic carboxylic acids is 1. The normalized spacial score (nSPS) is 23.5. The lowest BCUT2D eigenvalue weighted by Crippen LogP contribution is -2.39. The van der Waals surface area contributed by atoms with Crippen molar-refractivity contribution in [2.24, 2.45) is 5.92 Å². The van der Waals surface area contributed by atoms with Gasteiger partial charge in [0.05, 0.1) is 0 Å². The first kappa shape index (κ1) is 13.5. The van der Waals surface area contributed by atoms with E-state index in [0.717, 1.165) is 25.9 Å².